The third-order valence-corrected chi connectivity index (χ3v) is 2.85. The van der Waals surface area contributed by atoms with Crippen LogP contribution in [0.25, 0.3) is 11.1 Å². The Balaban J connectivity index is 2.48. The number of nitriles is 1. The van der Waals surface area contributed by atoms with Crippen molar-refractivity contribution in [2.24, 2.45) is 0 Å². The summed E-state index contributed by atoms with van der Waals surface area (Å²) in [5, 5.41) is 8.69. The molecule has 90 valence electrons. The SMILES string of the molecule is N#CCc1ccc(-c2ccc(F)cc2Cl)c(F)c1. The summed E-state index contributed by atoms with van der Waals surface area (Å²) in [5.41, 5.74) is 1.32. The number of nitrogens with zero attached hydrogens (tertiary/aromatic N) is 1. The molecule has 1 nitrogen and oxygen atoms in total. The lowest BCUT2D eigenvalue weighted by Gasteiger charge is -2.07. The van der Waals surface area contributed by atoms with Gasteiger partial charge in [0.15, 0.2) is 0 Å². The second-order valence-electron chi connectivity index (χ2n) is 3.77. The van der Waals surface area contributed by atoms with Gasteiger partial charge in [0.25, 0.3) is 0 Å². The van der Waals surface area contributed by atoms with Gasteiger partial charge in [-0.3, -0.25) is 0 Å². The molecule has 0 aliphatic heterocycles. The van der Waals surface area contributed by atoms with Crippen LogP contribution in [-0.4, -0.2) is 0 Å². The van der Waals surface area contributed by atoms with E-state index in [9.17, 15) is 8.78 Å². The molecule has 2 rings (SSSR count). The van der Waals surface area contributed by atoms with Gasteiger partial charge in [-0.25, -0.2) is 8.78 Å². The molecule has 0 unspecified atom stereocenters. The number of halogens is 3. The third kappa shape index (κ3) is 2.49. The molecule has 0 heterocycles. The van der Waals surface area contributed by atoms with Crippen LogP contribution in [0.1, 0.15) is 5.56 Å². The van der Waals surface area contributed by atoms with Crippen LogP contribution in [-0.2, 0) is 6.42 Å². The van der Waals surface area contributed by atoms with Crippen molar-refractivity contribution in [2.45, 2.75) is 6.42 Å². The molecule has 0 saturated carbocycles. The fraction of sp³-hybridized carbons (Fsp3) is 0.0714. The molecule has 0 fully saturated rings. The molecule has 0 bridgehead atoms. The van der Waals surface area contributed by atoms with E-state index in [1.54, 1.807) is 12.1 Å². The van der Waals surface area contributed by atoms with Gasteiger partial charge in [-0.15, -0.1) is 0 Å². The Morgan fingerprint density at radius 2 is 1.78 bits per heavy atom. The molecule has 0 spiro atoms. The number of rotatable bonds is 2. The lowest BCUT2D eigenvalue weighted by molar-refractivity contribution is 0.625. The van der Waals surface area contributed by atoms with E-state index < -0.39 is 11.6 Å². The predicted molar refractivity (Wildman–Crippen MR) is 66.1 cm³/mol. The van der Waals surface area contributed by atoms with E-state index in [0.717, 1.165) is 6.07 Å². The Bertz CT molecular complexity index is 632. The summed E-state index contributed by atoms with van der Waals surface area (Å²) in [6.45, 7) is 0. The minimum atomic E-state index is -0.476. The minimum Gasteiger partial charge on any atom is -0.207 e. The summed E-state index contributed by atoms with van der Waals surface area (Å²) in [7, 11) is 0. The Kier molecular flexibility index (Phi) is 3.59. The molecule has 0 saturated heterocycles. The molecule has 0 aliphatic carbocycles. The van der Waals surface area contributed by atoms with Crippen LogP contribution in [0.4, 0.5) is 8.78 Å². The third-order valence-electron chi connectivity index (χ3n) is 2.54. The fourth-order valence-electron chi connectivity index (χ4n) is 1.69. The minimum absolute atomic E-state index is 0.147. The highest BCUT2D eigenvalue weighted by molar-refractivity contribution is 6.33. The van der Waals surface area contributed by atoms with E-state index >= 15 is 0 Å². The van der Waals surface area contributed by atoms with Crippen molar-refractivity contribution in [2.75, 3.05) is 0 Å². The van der Waals surface area contributed by atoms with Crippen molar-refractivity contribution in [3.8, 4) is 17.2 Å². The standard InChI is InChI=1S/C14H8ClF2N/c15-13-8-10(16)2-4-11(13)12-3-1-9(5-6-18)7-14(12)17/h1-4,7-8H,5H2. The molecule has 0 N–H and O–H groups in total. The zero-order valence-corrected chi connectivity index (χ0v) is 10.0. The van der Waals surface area contributed by atoms with Crippen molar-refractivity contribution in [3.63, 3.8) is 0 Å². The molecule has 0 aliphatic rings. The monoisotopic (exact) mass is 263 g/mol. The molecule has 0 aromatic heterocycles. The average molecular weight is 264 g/mol. The van der Waals surface area contributed by atoms with Crippen LogP contribution in [0.3, 0.4) is 0 Å². The second kappa shape index (κ2) is 5.16. The molecular formula is C14H8ClF2N. The first-order valence-electron chi connectivity index (χ1n) is 5.22. The van der Waals surface area contributed by atoms with Crippen molar-refractivity contribution in [1.82, 2.24) is 0 Å². The Morgan fingerprint density at radius 3 is 2.39 bits per heavy atom. The van der Waals surface area contributed by atoms with E-state index in [1.807, 2.05) is 6.07 Å². The highest BCUT2D eigenvalue weighted by atomic mass is 35.5. The van der Waals surface area contributed by atoms with Gasteiger partial charge in [0.05, 0.1) is 17.5 Å². The van der Waals surface area contributed by atoms with Gasteiger partial charge in [0.2, 0.25) is 0 Å². The maximum Gasteiger partial charge on any atom is 0.131 e. The molecule has 4 heteroatoms. The number of benzene rings is 2. The predicted octanol–water partition coefficient (Wildman–Crippen LogP) is 4.35. The van der Waals surface area contributed by atoms with Crippen LogP contribution in [0.15, 0.2) is 36.4 Å². The summed E-state index contributed by atoms with van der Waals surface area (Å²) in [6.07, 6.45) is 0.147. The Hall–Kier alpha value is -1.92. The lowest BCUT2D eigenvalue weighted by Crippen LogP contribution is -1.90. The first-order chi connectivity index (χ1) is 8.61. The van der Waals surface area contributed by atoms with Crippen LogP contribution >= 0.6 is 11.6 Å². The van der Waals surface area contributed by atoms with E-state index in [-0.39, 0.29) is 11.4 Å². The summed E-state index contributed by atoms with van der Waals surface area (Å²) in [6, 6.07) is 10.2. The molecule has 2 aromatic carbocycles. The Morgan fingerprint density at radius 1 is 1.06 bits per heavy atom. The van der Waals surface area contributed by atoms with E-state index in [1.165, 1.54) is 18.2 Å². The van der Waals surface area contributed by atoms with E-state index in [2.05, 4.69) is 0 Å². The van der Waals surface area contributed by atoms with Gasteiger partial charge in [-0.2, -0.15) is 5.26 Å². The normalized spacial score (nSPS) is 10.1. The first kappa shape index (κ1) is 12.5. The van der Waals surface area contributed by atoms with Gasteiger partial charge >= 0.3 is 0 Å². The molecule has 0 amide bonds. The van der Waals surface area contributed by atoms with Gasteiger partial charge in [-0.05, 0) is 29.8 Å². The maximum absolute atomic E-state index is 13.9. The van der Waals surface area contributed by atoms with Gasteiger partial charge in [-0.1, -0.05) is 23.7 Å². The topological polar surface area (TPSA) is 23.8 Å². The van der Waals surface area contributed by atoms with Crippen LogP contribution in [0.5, 0.6) is 0 Å². The summed E-state index contributed by atoms with van der Waals surface area (Å²) in [4.78, 5) is 0. The lowest BCUT2D eigenvalue weighted by atomic mass is 10.0. The van der Waals surface area contributed by atoms with Crippen molar-refractivity contribution in [3.05, 3.63) is 58.6 Å². The first-order valence-corrected chi connectivity index (χ1v) is 5.60. The van der Waals surface area contributed by atoms with Gasteiger partial charge < -0.3 is 0 Å². The molecular weight excluding hydrogens is 256 g/mol. The summed E-state index contributed by atoms with van der Waals surface area (Å²) in [5.74, 6) is -0.943. The average Bonchev–Trinajstić information content (AvgIpc) is 2.31. The fourth-order valence-corrected chi connectivity index (χ4v) is 1.96. The summed E-state index contributed by atoms with van der Waals surface area (Å²) >= 11 is 5.88. The van der Waals surface area contributed by atoms with Crippen molar-refractivity contribution < 1.29 is 8.78 Å². The highest BCUT2D eigenvalue weighted by Crippen LogP contribution is 2.30. The quantitative estimate of drug-likeness (QED) is 0.790. The van der Waals surface area contributed by atoms with Crippen LogP contribution in [0.2, 0.25) is 5.02 Å². The summed E-state index contributed by atoms with van der Waals surface area (Å²) < 4.78 is 26.8. The molecule has 18 heavy (non-hydrogen) atoms. The Labute approximate surface area is 108 Å². The second-order valence-corrected chi connectivity index (χ2v) is 4.18. The number of hydrogen-bond acceptors (Lipinski definition) is 1. The molecule has 2 aromatic rings. The number of hydrogen-bond donors (Lipinski definition) is 0. The van der Waals surface area contributed by atoms with Crippen LogP contribution in [0, 0.1) is 23.0 Å². The van der Waals surface area contributed by atoms with Gasteiger partial charge in [0, 0.05) is 11.1 Å². The van der Waals surface area contributed by atoms with E-state index in [0.29, 0.717) is 16.7 Å². The maximum atomic E-state index is 13.9. The van der Waals surface area contributed by atoms with Gasteiger partial charge in [0.1, 0.15) is 11.6 Å². The highest BCUT2D eigenvalue weighted by Gasteiger charge is 2.10. The largest absolute Gasteiger partial charge is 0.207 e. The van der Waals surface area contributed by atoms with E-state index in [4.69, 9.17) is 16.9 Å². The zero-order chi connectivity index (χ0) is 13.1. The molecule has 0 radical (unpaired) electrons. The molecule has 0 atom stereocenters. The van der Waals surface area contributed by atoms with Crippen LogP contribution < -0.4 is 0 Å². The van der Waals surface area contributed by atoms with Crippen molar-refractivity contribution >= 4 is 11.6 Å². The zero-order valence-electron chi connectivity index (χ0n) is 9.25. The van der Waals surface area contributed by atoms with Crippen molar-refractivity contribution in [1.29, 1.82) is 5.26 Å². The smallest absolute Gasteiger partial charge is 0.131 e.